The lowest BCUT2D eigenvalue weighted by molar-refractivity contribution is -0.183. The number of benzene rings is 1. The van der Waals surface area contributed by atoms with Crippen molar-refractivity contribution in [1.29, 1.82) is 0 Å². The van der Waals surface area contributed by atoms with Crippen LogP contribution in [0, 0.1) is 0 Å². The highest BCUT2D eigenvalue weighted by atomic mass is 32.1. The topological polar surface area (TPSA) is 129 Å². The van der Waals surface area contributed by atoms with Crippen LogP contribution in [0.4, 0.5) is 5.13 Å². The quantitative estimate of drug-likeness (QED) is 0.537. The van der Waals surface area contributed by atoms with E-state index in [2.05, 4.69) is 10.3 Å². The average molecular weight is 364 g/mol. The molecule has 2 heterocycles. The van der Waals surface area contributed by atoms with Crippen molar-refractivity contribution in [2.75, 3.05) is 11.9 Å². The van der Waals surface area contributed by atoms with Crippen molar-refractivity contribution in [2.45, 2.75) is 24.5 Å². The molecule has 4 unspecified atom stereocenters. The Morgan fingerprint density at radius 3 is 2.68 bits per heavy atom. The van der Waals surface area contributed by atoms with Gasteiger partial charge in [0.1, 0.15) is 18.3 Å². The van der Waals surface area contributed by atoms with Gasteiger partial charge in [0.25, 0.3) is 0 Å². The maximum Gasteiger partial charge on any atom is 0.213 e. The number of aliphatic hydroxyl groups excluding tert-OH is 3. The van der Waals surface area contributed by atoms with Crippen molar-refractivity contribution >= 4 is 28.0 Å². The molecule has 0 bridgehead atoms. The van der Waals surface area contributed by atoms with Crippen molar-refractivity contribution in [1.82, 2.24) is 4.98 Å². The number of hydrogen-bond donors (Lipinski definition) is 4. The van der Waals surface area contributed by atoms with Crippen molar-refractivity contribution in [3.8, 4) is 0 Å². The molecule has 9 heteroatoms. The molecule has 1 aliphatic rings. The number of ketones is 2. The molecular formula is C16H16N2O6S. The molecule has 132 valence electrons. The van der Waals surface area contributed by atoms with Crippen LogP contribution < -0.4 is 5.32 Å². The fraction of sp³-hybridized carbons (Fsp3) is 0.312. The zero-order chi connectivity index (χ0) is 18.0. The Kier molecular flexibility index (Phi) is 5.21. The van der Waals surface area contributed by atoms with Gasteiger partial charge in [0.05, 0.1) is 17.7 Å². The molecule has 0 aliphatic carbocycles. The van der Waals surface area contributed by atoms with Gasteiger partial charge in [-0.15, -0.1) is 0 Å². The van der Waals surface area contributed by atoms with Crippen LogP contribution >= 0.6 is 11.3 Å². The Morgan fingerprint density at radius 1 is 1.28 bits per heavy atom. The molecule has 1 fully saturated rings. The summed E-state index contributed by atoms with van der Waals surface area (Å²) < 4.78 is 5.25. The summed E-state index contributed by atoms with van der Waals surface area (Å²) in [6.45, 7) is -0.556. The first-order chi connectivity index (χ1) is 12.0. The van der Waals surface area contributed by atoms with Crippen molar-refractivity contribution in [2.24, 2.45) is 0 Å². The Labute approximate surface area is 146 Å². The molecule has 1 aromatic heterocycles. The van der Waals surface area contributed by atoms with Crippen LogP contribution in [0.1, 0.15) is 15.2 Å². The summed E-state index contributed by atoms with van der Waals surface area (Å²) in [5, 5.41) is 31.5. The smallest absolute Gasteiger partial charge is 0.213 e. The Morgan fingerprint density at radius 2 is 2.00 bits per heavy atom. The van der Waals surface area contributed by atoms with Gasteiger partial charge < -0.3 is 25.4 Å². The highest BCUT2D eigenvalue weighted by molar-refractivity contribution is 7.17. The molecule has 3 rings (SSSR count). The van der Waals surface area contributed by atoms with Crippen molar-refractivity contribution in [3.05, 3.63) is 47.0 Å². The van der Waals surface area contributed by atoms with Crippen LogP contribution in [0.2, 0.25) is 0 Å². The number of anilines is 1. The van der Waals surface area contributed by atoms with E-state index in [1.807, 2.05) is 0 Å². The maximum absolute atomic E-state index is 12.3. The SMILES string of the molecule is O=C(c1ccccc1)c1cnc(NC2OC(CO)C(O)C(O)C2=O)s1. The zero-order valence-corrected chi connectivity index (χ0v) is 13.7. The number of nitrogens with zero attached hydrogens (tertiary/aromatic N) is 1. The first-order valence-corrected chi connectivity index (χ1v) is 8.31. The summed E-state index contributed by atoms with van der Waals surface area (Å²) in [7, 11) is 0. The molecule has 25 heavy (non-hydrogen) atoms. The third kappa shape index (κ3) is 3.60. The first kappa shape index (κ1) is 17.6. The largest absolute Gasteiger partial charge is 0.394 e. The van der Waals surface area contributed by atoms with Gasteiger partial charge in [0.15, 0.2) is 11.4 Å². The molecule has 0 spiro atoms. The molecular weight excluding hydrogens is 348 g/mol. The molecule has 8 nitrogen and oxygen atoms in total. The van der Waals surface area contributed by atoms with Crippen LogP contribution in [0.3, 0.4) is 0 Å². The van der Waals surface area contributed by atoms with Crippen molar-refractivity contribution in [3.63, 3.8) is 0 Å². The number of carbonyl (C=O) groups excluding carboxylic acids is 2. The average Bonchev–Trinajstić information content (AvgIpc) is 3.11. The third-order valence-electron chi connectivity index (χ3n) is 3.77. The number of aliphatic hydroxyl groups is 3. The van der Waals surface area contributed by atoms with Gasteiger partial charge >= 0.3 is 0 Å². The minimum Gasteiger partial charge on any atom is -0.394 e. The van der Waals surface area contributed by atoms with Gasteiger partial charge in [-0.05, 0) is 0 Å². The predicted octanol–water partition coefficient (Wildman–Crippen LogP) is -0.206. The second kappa shape index (κ2) is 7.38. The van der Waals surface area contributed by atoms with E-state index in [-0.39, 0.29) is 10.9 Å². The molecule has 0 amide bonds. The Bertz CT molecular complexity index is 765. The van der Waals surface area contributed by atoms with Crippen LogP contribution in [0.5, 0.6) is 0 Å². The van der Waals surface area contributed by atoms with E-state index in [1.54, 1.807) is 30.3 Å². The number of carbonyl (C=O) groups is 2. The fourth-order valence-corrected chi connectivity index (χ4v) is 3.19. The lowest BCUT2D eigenvalue weighted by Crippen LogP contribution is -2.58. The van der Waals surface area contributed by atoms with Crippen LogP contribution in [-0.4, -0.2) is 63.0 Å². The minimum absolute atomic E-state index is 0.203. The molecule has 0 saturated carbocycles. The third-order valence-corrected chi connectivity index (χ3v) is 4.69. The van der Waals surface area contributed by atoms with Gasteiger partial charge in [-0.25, -0.2) is 4.98 Å². The number of thiazole rings is 1. The summed E-state index contributed by atoms with van der Waals surface area (Å²) in [6, 6.07) is 8.69. The van der Waals surface area contributed by atoms with Gasteiger partial charge in [0, 0.05) is 5.56 Å². The van der Waals surface area contributed by atoms with Gasteiger partial charge in [-0.1, -0.05) is 41.7 Å². The predicted molar refractivity (Wildman–Crippen MR) is 88.4 cm³/mol. The summed E-state index contributed by atoms with van der Waals surface area (Å²) >= 11 is 1.03. The Hall–Kier alpha value is -2.17. The second-order valence-electron chi connectivity index (χ2n) is 5.44. The highest BCUT2D eigenvalue weighted by Crippen LogP contribution is 2.25. The number of ether oxygens (including phenoxy) is 1. The molecule has 2 aromatic rings. The molecule has 4 N–H and O–H groups in total. The lowest BCUT2D eigenvalue weighted by atomic mass is 10.00. The summed E-state index contributed by atoms with van der Waals surface area (Å²) in [4.78, 5) is 28.7. The van der Waals surface area contributed by atoms with Crippen LogP contribution in [-0.2, 0) is 9.53 Å². The highest BCUT2D eigenvalue weighted by Gasteiger charge is 2.43. The minimum atomic E-state index is -1.67. The summed E-state index contributed by atoms with van der Waals surface area (Å²) in [5.74, 6) is -0.978. The number of rotatable bonds is 5. The molecule has 1 aliphatic heterocycles. The Balaban J connectivity index is 1.73. The maximum atomic E-state index is 12.3. The number of hydrogen-bond acceptors (Lipinski definition) is 9. The van der Waals surface area contributed by atoms with Crippen molar-refractivity contribution < 1.29 is 29.6 Å². The number of aromatic nitrogens is 1. The second-order valence-corrected chi connectivity index (χ2v) is 6.47. The monoisotopic (exact) mass is 364 g/mol. The summed E-state index contributed by atoms with van der Waals surface area (Å²) in [6.07, 6.45) is -4.17. The number of Topliss-reactive ketones (excluding diaryl/α,β-unsaturated/α-hetero) is 1. The number of nitrogens with one attached hydrogen (secondary N) is 1. The van der Waals surface area contributed by atoms with E-state index in [0.717, 1.165) is 11.3 Å². The molecule has 1 saturated heterocycles. The first-order valence-electron chi connectivity index (χ1n) is 7.49. The lowest BCUT2D eigenvalue weighted by Gasteiger charge is -2.35. The molecule has 4 atom stereocenters. The van der Waals surface area contributed by atoms with Gasteiger partial charge in [-0.3, -0.25) is 9.59 Å². The van der Waals surface area contributed by atoms with E-state index in [4.69, 9.17) is 9.84 Å². The molecule has 1 aromatic carbocycles. The summed E-state index contributed by atoms with van der Waals surface area (Å²) in [5.41, 5.74) is 0.515. The van der Waals surface area contributed by atoms with E-state index < -0.39 is 36.9 Å². The van der Waals surface area contributed by atoms with E-state index in [9.17, 15) is 19.8 Å². The molecule has 0 radical (unpaired) electrons. The van der Waals surface area contributed by atoms with Crippen LogP contribution in [0.15, 0.2) is 36.5 Å². The van der Waals surface area contributed by atoms with Crippen LogP contribution in [0.25, 0.3) is 0 Å². The van der Waals surface area contributed by atoms with Gasteiger partial charge in [-0.2, -0.15) is 0 Å². The van der Waals surface area contributed by atoms with E-state index in [0.29, 0.717) is 10.4 Å². The van der Waals surface area contributed by atoms with E-state index >= 15 is 0 Å². The fourth-order valence-electron chi connectivity index (χ4n) is 2.39. The normalized spacial score (nSPS) is 26.4. The zero-order valence-electron chi connectivity index (χ0n) is 12.9. The van der Waals surface area contributed by atoms with Gasteiger partial charge in [0.2, 0.25) is 11.6 Å². The standard InChI is InChI=1S/C16H16N2O6S/c19-7-9-12(21)13(22)14(23)15(24-9)18-16-17-6-10(25-16)11(20)8-4-2-1-3-5-8/h1-6,9,12-13,15,19,21-22H,7H2,(H,17,18). The van der Waals surface area contributed by atoms with E-state index in [1.165, 1.54) is 6.20 Å².